The molecule has 0 spiro atoms. The fourth-order valence-electron chi connectivity index (χ4n) is 0.637. The number of ether oxygens (including phenoxy) is 1. The quantitative estimate of drug-likeness (QED) is 0.773. The number of rotatable bonds is 5. The number of alkyl halides is 3. The Balaban J connectivity index is 0. The van der Waals surface area contributed by atoms with Gasteiger partial charge < -0.3 is 15.8 Å². The molecule has 4 nitrogen and oxygen atoms in total. The van der Waals surface area contributed by atoms with Crippen molar-refractivity contribution in [1.82, 2.24) is 5.32 Å². The molecular weight excluding hydrogens is 249 g/mol. The number of hydrogen-bond acceptors (Lipinski definition) is 3. The highest BCUT2D eigenvalue weighted by Gasteiger charge is 2.27. The number of halogens is 4. The zero-order valence-corrected chi connectivity index (χ0v) is 9.87. The van der Waals surface area contributed by atoms with Crippen molar-refractivity contribution in [2.45, 2.75) is 25.6 Å². The van der Waals surface area contributed by atoms with Gasteiger partial charge in [-0.05, 0) is 13.8 Å². The van der Waals surface area contributed by atoms with Crippen LogP contribution in [0.4, 0.5) is 13.2 Å². The molecule has 8 heteroatoms. The third-order valence-electron chi connectivity index (χ3n) is 1.24. The summed E-state index contributed by atoms with van der Waals surface area (Å²) in [4.78, 5) is 10.9. The van der Waals surface area contributed by atoms with E-state index in [0.717, 1.165) is 0 Å². The lowest BCUT2D eigenvalue weighted by molar-refractivity contribution is -0.175. The summed E-state index contributed by atoms with van der Waals surface area (Å²) in [5.74, 6) is -0.613. The van der Waals surface area contributed by atoms with Crippen LogP contribution in [0.25, 0.3) is 0 Å². The molecule has 0 saturated heterocycles. The first-order valence-electron chi connectivity index (χ1n) is 4.30. The summed E-state index contributed by atoms with van der Waals surface area (Å²) in [6.07, 6.45) is -4.41. The summed E-state index contributed by atoms with van der Waals surface area (Å²) in [5, 5.41) is 2.35. The van der Waals surface area contributed by atoms with E-state index in [1.165, 1.54) is 0 Å². The summed E-state index contributed by atoms with van der Waals surface area (Å²) >= 11 is 0. The SMILES string of the molecule is CC(C)(N)CNC(=O)COCC(F)(F)F.Cl. The van der Waals surface area contributed by atoms with Crippen LogP contribution in [0.5, 0.6) is 0 Å². The van der Waals surface area contributed by atoms with E-state index in [2.05, 4.69) is 10.1 Å². The molecule has 0 bridgehead atoms. The molecule has 1 amide bonds. The molecule has 0 unspecified atom stereocenters. The first kappa shape index (κ1) is 17.9. The molecule has 0 saturated carbocycles. The third kappa shape index (κ3) is 13.5. The lowest BCUT2D eigenvalue weighted by Gasteiger charge is -2.18. The fourth-order valence-corrected chi connectivity index (χ4v) is 0.637. The molecule has 0 rings (SSSR count). The Labute approximate surface area is 98.1 Å². The topological polar surface area (TPSA) is 64.3 Å². The average molecular weight is 265 g/mol. The number of nitrogens with two attached hydrogens (primary N) is 1. The van der Waals surface area contributed by atoms with Gasteiger partial charge in [-0.1, -0.05) is 0 Å². The number of nitrogens with one attached hydrogen (secondary N) is 1. The van der Waals surface area contributed by atoms with Crippen molar-refractivity contribution in [3.05, 3.63) is 0 Å². The van der Waals surface area contributed by atoms with Crippen molar-refractivity contribution in [3.63, 3.8) is 0 Å². The molecule has 0 aromatic rings. The molecule has 98 valence electrons. The number of carbonyl (C=O) groups excluding carboxylic acids is 1. The standard InChI is InChI=1S/C8H15F3N2O2.ClH/c1-7(2,12)4-13-6(14)3-15-5-8(9,10)11;/h3-5,12H2,1-2H3,(H,13,14);1H. The summed E-state index contributed by atoms with van der Waals surface area (Å²) in [7, 11) is 0. The highest BCUT2D eigenvalue weighted by Crippen LogP contribution is 2.13. The Hall–Kier alpha value is -0.530. The molecular formula is C8H16ClF3N2O2. The van der Waals surface area contributed by atoms with Crippen molar-refractivity contribution < 1.29 is 22.7 Å². The molecule has 0 heterocycles. The Morgan fingerprint density at radius 1 is 1.38 bits per heavy atom. The van der Waals surface area contributed by atoms with E-state index in [1.807, 2.05) is 0 Å². The van der Waals surface area contributed by atoms with Gasteiger partial charge in [0.1, 0.15) is 13.2 Å². The Morgan fingerprint density at radius 2 is 1.88 bits per heavy atom. The second-order valence-electron chi connectivity index (χ2n) is 3.87. The van der Waals surface area contributed by atoms with Crippen LogP contribution in [0.2, 0.25) is 0 Å². The Bertz CT molecular complexity index is 216. The summed E-state index contributed by atoms with van der Waals surface area (Å²) < 4.78 is 39.0. The van der Waals surface area contributed by atoms with Crippen molar-refractivity contribution >= 4 is 18.3 Å². The number of hydrogen-bond donors (Lipinski definition) is 2. The van der Waals surface area contributed by atoms with Crippen LogP contribution in [0.15, 0.2) is 0 Å². The maximum absolute atomic E-state index is 11.6. The number of carbonyl (C=O) groups is 1. The van der Waals surface area contributed by atoms with Gasteiger partial charge in [-0.3, -0.25) is 4.79 Å². The smallest absolute Gasteiger partial charge is 0.362 e. The second-order valence-corrected chi connectivity index (χ2v) is 3.87. The van der Waals surface area contributed by atoms with Crippen molar-refractivity contribution in [2.75, 3.05) is 19.8 Å². The van der Waals surface area contributed by atoms with E-state index >= 15 is 0 Å². The maximum atomic E-state index is 11.6. The summed E-state index contributed by atoms with van der Waals surface area (Å²) in [5.41, 5.74) is 4.95. The summed E-state index contributed by atoms with van der Waals surface area (Å²) in [6.45, 7) is 1.51. The molecule has 0 radical (unpaired) electrons. The van der Waals surface area contributed by atoms with E-state index in [-0.39, 0.29) is 19.0 Å². The van der Waals surface area contributed by atoms with Gasteiger partial charge in [0, 0.05) is 12.1 Å². The van der Waals surface area contributed by atoms with Crippen LogP contribution < -0.4 is 11.1 Å². The molecule has 0 atom stereocenters. The molecule has 0 aliphatic heterocycles. The van der Waals surface area contributed by atoms with E-state index in [1.54, 1.807) is 13.8 Å². The minimum atomic E-state index is -4.41. The first-order chi connectivity index (χ1) is 6.60. The van der Waals surface area contributed by atoms with Gasteiger partial charge in [0.05, 0.1) is 0 Å². The Kier molecular flexibility index (Phi) is 7.73. The minimum absolute atomic E-state index is 0. The highest BCUT2D eigenvalue weighted by atomic mass is 35.5. The van der Waals surface area contributed by atoms with Crippen molar-refractivity contribution in [1.29, 1.82) is 0 Å². The van der Waals surface area contributed by atoms with Crippen LogP contribution in [0.3, 0.4) is 0 Å². The predicted molar refractivity (Wildman–Crippen MR) is 55.4 cm³/mol. The molecule has 0 fully saturated rings. The van der Waals surface area contributed by atoms with Gasteiger partial charge in [-0.25, -0.2) is 0 Å². The van der Waals surface area contributed by atoms with Crippen LogP contribution >= 0.6 is 12.4 Å². The first-order valence-corrected chi connectivity index (χ1v) is 4.30. The number of amides is 1. The normalized spacial score (nSPS) is 11.9. The van der Waals surface area contributed by atoms with Gasteiger partial charge in [0.2, 0.25) is 5.91 Å². The van der Waals surface area contributed by atoms with Crippen molar-refractivity contribution in [3.8, 4) is 0 Å². The van der Waals surface area contributed by atoms with Gasteiger partial charge in [-0.15, -0.1) is 12.4 Å². The van der Waals surface area contributed by atoms with E-state index < -0.39 is 30.8 Å². The lowest BCUT2D eigenvalue weighted by Crippen LogP contribution is -2.46. The van der Waals surface area contributed by atoms with E-state index in [4.69, 9.17) is 5.73 Å². The monoisotopic (exact) mass is 264 g/mol. The average Bonchev–Trinajstić information content (AvgIpc) is 1.97. The minimum Gasteiger partial charge on any atom is -0.362 e. The lowest BCUT2D eigenvalue weighted by atomic mass is 10.1. The Morgan fingerprint density at radius 3 is 2.25 bits per heavy atom. The molecule has 0 aliphatic carbocycles. The van der Waals surface area contributed by atoms with Gasteiger partial charge in [-0.2, -0.15) is 13.2 Å². The fraction of sp³-hybridized carbons (Fsp3) is 0.875. The zero-order chi connectivity index (χ0) is 12.1. The van der Waals surface area contributed by atoms with Crippen LogP contribution in [0.1, 0.15) is 13.8 Å². The summed E-state index contributed by atoms with van der Waals surface area (Å²) in [6, 6.07) is 0. The van der Waals surface area contributed by atoms with E-state index in [0.29, 0.717) is 0 Å². The van der Waals surface area contributed by atoms with Crippen LogP contribution in [0, 0.1) is 0 Å². The van der Waals surface area contributed by atoms with Gasteiger partial charge in [0.25, 0.3) is 0 Å². The van der Waals surface area contributed by atoms with Crippen LogP contribution in [-0.2, 0) is 9.53 Å². The van der Waals surface area contributed by atoms with Gasteiger partial charge in [0.15, 0.2) is 0 Å². The largest absolute Gasteiger partial charge is 0.411 e. The third-order valence-corrected chi connectivity index (χ3v) is 1.24. The molecule has 0 aromatic heterocycles. The highest BCUT2D eigenvalue weighted by molar-refractivity contribution is 5.85. The second kappa shape index (κ2) is 6.93. The molecule has 3 N–H and O–H groups in total. The maximum Gasteiger partial charge on any atom is 0.411 e. The zero-order valence-electron chi connectivity index (χ0n) is 9.06. The molecule has 0 aromatic carbocycles. The molecule has 0 aliphatic rings. The van der Waals surface area contributed by atoms with Crippen LogP contribution in [-0.4, -0.2) is 37.4 Å². The predicted octanol–water partition coefficient (Wildman–Crippen LogP) is 0.841. The van der Waals surface area contributed by atoms with Gasteiger partial charge >= 0.3 is 6.18 Å². The molecule has 16 heavy (non-hydrogen) atoms. The van der Waals surface area contributed by atoms with Crippen molar-refractivity contribution in [2.24, 2.45) is 5.73 Å². The van der Waals surface area contributed by atoms with E-state index in [9.17, 15) is 18.0 Å².